The van der Waals surface area contributed by atoms with Gasteiger partial charge in [0.15, 0.2) is 0 Å². The summed E-state index contributed by atoms with van der Waals surface area (Å²) in [7, 11) is 1.82. The van der Waals surface area contributed by atoms with E-state index in [-0.39, 0.29) is 11.3 Å². The highest BCUT2D eigenvalue weighted by Crippen LogP contribution is 2.25. The Morgan fingerprint density at radius 2 is 1.75 bits per heavy atom. The summed E-state index contributed by atoms with van der Waals surface area (Å²) in [4.78, 5) is 23.9. The van der Waals surface area contributed by atoms with E-state index in [1.54, 1.807) is 0 Å². The van der Waals surface area contributed by atoms with Crippen molar-refractivity contribution in [1.29, 1.82) is 0 Å². The number of hydrogen-bond acceptors (Lipinski definition) is 6. The van der Waals surface area contributed by atoms with Gasteiger partial charge in [-0.25, -0.2) is 9.97 Å². The number of benzene rings is 1. The Labute approximate surface area is 216 Å². The second kappa shape index (κ2) is 11.7. The highest BCUT2D eigenvalue weighted by atomic mass is 16.5. The van der Waals surface area contributed by atoms with Crippen LogP contribution >= 0.6 is 0 Å². The molecule has 7 heteroatoms. The van der Waals surface area contributed by atoms with Crippen LogP contribution in [0.3, 0.4) is 0 Å². The van der Waals surface area contributed by atoms with Crippen molar-refractivity contribution in [3.63, 3.8) is 0 Å². The van der Waals surface area contributed by atoms with Crippen LogP contribution in [-0.4, -0.2) is 59.2 Å². The molecule has 0 bridgehead atoms. The van der Waals surface area contributed by atoms with Crippen molar-refractivity contribution < 1.29 is 14.3 Å². The summed E-state index contributed by atoms with van der Waals surface area (Å²) in [6.45, 7) is 10.3. The molecule has 1 aliphatic carbocycles. The molecule has 2 aromatic rings. The average molecular weight is 495 g/mol. The maximum Gasteiger partial charge on any atom is 0.272 e. The monoisotopic (exact) mass is 494 g/mol. The van der Waals surface area contributed by atoms with Gasteiger partial charge in [-0.1, -0.05) is 57.9 Å². The molecule has 36 heavy (non-hydrogen) atoms. The van der Waals surface area contributed by atoms with Crippen LogP contribution in [0.4, 0.5) is 0 Å². The molecule has 1 aromatic heterocycles. The Morgan fingerprint density at radius 1 is 1.06 bits per heavy atom. The Balaban J connectivity index is 1.32. The summed E-state index contributed by atoms with van der Waals surface area (Å²) < 4.78 is 11.7. The number of methoxy groups -OCH3 is 1. The molecule has 1 N–H and O–H groups in total. The average Bonchev–Trinajstić information content (AvgIpc) is 2.88. The van der Waals surface area contributed by atoms with Gasteiger partial charge in [-0.05, 0) is 49.1 Å². The quantitative estimate of drug-likeness (QED) is 0.595. The lowest BCUT2D eigenvalue weighted by Gasteiger charge is -2.38. The van der Waals surface area contributed by atoms with Gasteiger partial charge in [-0.2, -0.15) is 0 Å². The van der Waals surface area contributed by atoms with E-state index in [2.05, 4.69) is 60.3 Å². The fourth-order valence-electron chi connectivity index (χ4n) is 5.32. The lowest BCUT2D eigenvalue weighted by atomic mass is 9.87. The molecule has 7 nitrogen and oxygen atoms in total. The number of carbonyl (C=O) groups excluding carboxylic acids is 1. The third-order valence-corrected chi connectivity index (χ3v) is 7.67. The van der Waals surface area contributed by atoms with Gasteiger partial charge >= 0.3 is 0 Å². The van der Waals surface area contributed by atoms with E-state index >= 15 is 0 Å². The second-order valence-electron chi connectivity index (χ2n) is 11.3. The number of amides is 1. The number of aromatic nitrogens is 2. The second-order valence-corrected chi connectivity index (χ2v) is 11.3. The van der Waals surface area contributed by atoms with E-state index in [1.807, 2.05) is 18.9 Å². The van der Waals surface area contributed by atoms with Crippen LogP contribution < -0.4 is 10.1 Å². The van der Waals surface area contributed by atoms with E-state index in [1.165, 1.54) is 31.2 Å². The first-order valence-electron chi connectivity index (χ1n) is 13.4. The smallest absolute Gasteiger partial charge is 0.272 e. The molecule has 2 fully saturated rings. The van der Waals surface area contributed by atoms with Crippen LogP contribution in [0.1, 0.15) is 86.5 Å². The number of rotatable bonds is 7. The van der Waals surface area contributed by atoms with Crippen molar-refractivity contribution in [2.75, 3.05) is 20.2 Å². The molecule has 2 atom stereocenters. The molecule has 1 saturated heterocycles. The Hall–Kier alpha value is -2.51. The maximum absolute atomic E-state index is 13.3. The lowest BCUT2D eigenvalue weighted by molar-refractivity contribution is 0.0329. The molecule has 2 unspecified atom stereocenters. The van der Waals surface area contributed by atoms with E-state index in [4.69, 9.17) is 9.47 Å². The van der Waals surface area contributed by atoms with Crippen molar-refractivity contribution in [3.8, 4) is 5.88 Å². The molecule has 4 rings (SSSR count). The Kier molecular flexibility index (Phi) is 8.62. The van der Waals surface area contributed by atoms with Crippen molar-refractivity contribution in [3.05, 3.63) is 53.0 Å². The first-order chi connectivity index (χ1) is 17.3. The SMILES string of the molecule is COC1CCCCC1NC1CCN(C(=O)c2ncnc(OCc3ccc(C(C)(C)C)cc3)c2C)CC1. The standard InChI is InChI=1S/C29H42N4O3/c1-20-26(30-19-31-27(20)36-18-21-10-12-22(13-11-21)29(2,3)4)28(34)33-16-14-23(15-17-33)32-24-8-6-7-9-25(24)35-5/h10-13,19,23-25,32H,6-9,14-18H2,1-5H3. The Bertz CT molecular complexity index is 1010. The van der Waals surface area contributed by atoms with Gasteiger partial charge < -0.3 is 19.7 Å². The van der Waals surface area contributed by atoms with Gasteiger partial charge in [0.25, 0.3) is 5.91 Å². The van der Waals surface area contributed by atoms with Crippen LogP contribution in [0.2, 0.25) is 0 Å². The van der Waals surface area contributed by atoms with Gasteiger partial charge in [0.1, 0.15) is 18.6 Å². The van der Waals surface area contributed by atoms with Crippen LogP contribution in [0.15, 0.2) is 30.6 Å². The number of likely N-dealkylation sites (tertiary alicyclic amines) is 1. The van der Waals surface area contributed by atoms with E-state index in [9.17, 15) is 4.79 Å². The lowest BCUT2D eigenvalue weighted by Crippen LogP contribution is -2.52. The number of hydrogen-bond donors (Lipinski definition) is 1. The molecular weight excluding hydrogens is 452 g/mol. The van der Waals surface area contributed by atoms with E-state index in [0.717, 1.165) is 37.9 Å². The third-order valence-electron chi connectivity index (χ3n) is 7.67. The van der Waals surface area contributed by atoms with Crippen molar-refractivity contribution >= 4 is 5.91 Å². The summed E-state index contributed by atoms with van der Waals surface area (Å²) >= 11 is 0. The van der Waals surface area contributed by atoms with Crippen molar-refractivity contribution in [1.82, 2.24) is 20.2 Å². The highest BCUT2D eigenvalue weighted by molar-refractivity contribution is 5.94. The topological polar surface area (TPSA) is 76.6 Å². The zero-order chi connectivity index (χ0) is 25.7. The van der Waals surface area contributed by atoms with Crippen LogP contribution in [0.25, 0.3) is 0 Å². The zero-order valence-electron chi connectivity index (χ0n) is 22.5. The van der Waals surface area contributed by atoms with Gasteiger partial charge in [-0.15, -0.1) is 0 Å². The Morgan fingerprint density at radius 3 is 2.42 bits per heavy atom. The van der Waals surface area contributed by atoms with Gasteiger partial charge in [0.05, 0.1) is 6.10 Å². The number of ether oxygens (including phenoxy) is 2. The summed E-state index contributed by atoms with van der Waals surface area (Å²) in [6, 6.07) is 9.30. The van der Waals surface area contributed by atoms with Crippen LogP contribution in [0, 0.1) is 6.92 Å². The molecule has 1 aliphatic heterocycles. The maximum atomic E-state index is 13.3. The normalized spacial score (nSPS) is 21.4. The van der Waals surface area contributed by atoms with Crippen LogP contribution in [0.5, 0.6) is 5.88 Å². The largest absolute Gasteiger partial charge is 0.473 e. The summed E-state index contributed by atoms with van der Waals surface area (Å²) in [5, 5.41) is 3.81. The van der Waals surface area contributed by atoms with Gasteiger partial charge in [0, 0.05) is 37.8 Å². The van der Waals surface area contributed by atoms with Crippen LogP contribution in [-0.2, 0) is 16.8 Å². The minimum atomic E-state index is -0.0415. The number of carbonyl (C=O) groups is 1. The summed E-state index contributed by atoms with van der Waals surface area (Å²) in [6.07, 6.45) is 8.42. The molecule has 2 aliphatic rings. The molecule has 196 valence electrons. The van der Waals surface area contributed by atoms with Crippen molar-refractivity contribution in [2.24, 2.45) is 0 Å². The summed E-state index contributed by atoms with van der Waals surface area (Å²) in [5.74, 6) is 0.424. The first-order valence-corrected chi connectivity index (χ1v) is 13.4. The molecule has 1 aromatic carbocycles. The minimum absolute atomic E-state index is 0.0415. The number of nitrogens with zero attached hydrogens (tertiary/aromatic N) is 3. The molecular formula is C29H42N4O3. The predicted octanol–water partition coefficient (Wildman–Crippen LogP) is 4.81. The number of nitrogens with one attached hydrogen (secondary N) is 1. The molecule has 0 spiro atoms. The van der Waals surface area contributed by atoms with E-state index < -0.39 is 0 Å². The number of piperidine rings is 1. The molecule has 2 heterocycles. The minimum Gasteiger partial charge on any atom is -0.473 e. The van der Waals surface area contributed by atoms with Crippen molar-refractivity contribution in [2.45, 2.75) is 96.4 Å². The zero-order valence-corrected chi connectivity index (χ0v) is 22.5. The fourth-order valence-corrected chi connectivity index (χ4v) is 5.32. The first kappa shape index (κ1) is 26.6. The summed E-state index contributed by atoms with van der Waals surface area (Å²) in [5.41, 5.74) is 3.59. The fraction of sp³-hybridized carbons (Fsp3) is 0.621. The third kappa shape index (κ3) is 6.43. The molecule has 0 radical (unpaired) electrons. The predicted molar refractivity (Wildman–Crippen MR) is 141 cm³/mol. The van der Waals surface area contributed by atoms with Gasteiger partial charge in [-0.3, -0.25) is 4.79 Å². The van der Waals surface area contributed by atoms with Gasteiger partial charge in [0.2, 0.25) is 5.88 Å². The molecule has 1 amide bonds. The molecule has 1 saturated carbocycles. The highest BCUT2D eigenvalue weighted by Gasteiger charge is 2.31. The van der Waals surface area contributed by atoms with E-state index in [0.29, 0.717) is 41.9 Å².